The molecule has 0 fully saturated rings. The number of nitrogens with two attached hydrogens (primary N) is 1. The molecule has 2 aliphatic heterocycles. The van der Waals surface area contributed by atoms with Gasteiger partial charge in [0.1, 0.15) is 6.61 Å². The van der Waals surface area contributed by atoms with Gasteiger partial charge in [-0.2, -0.15) is 0 Å². The van der Waals surface area contributed by atoms with Crippen LogP contribution in [0.2, 0.25) is 0 Å². The predicted octanol–water partition coefficient (Wildman–Crippen LogP) is 2.23. The fourth-order valence-electron chi connectivity index (χ4n) is 3.72. The van der Waals surface area contributed by atoms with Crippen LogP contribution in [-0.2, 0) is 16.0 Å². The number of anilines is 2. The van der Waals surface area contributed by atoms with Crippen molar-refractivity contribution in [1.29, 1.82) is 0 Å². The van der Waals surface area contributed by atoms with E-state index in [4.69, 9.17) is 15.3 Å². The number of carbonyl (C=O) groups excluding carboxylic acids is 2. The van der Waals surface area contributed by atoms with Gasteiger partial charge in [-0.05, 0) is 24.4 Å². The second-order valence-electron chi connectivity index (χ2n) is 7.19. The molecule has 0 atom stereocenters. The smallest absolute Gasteiger partial charge is 0.410 e. The Kier molecular flexibility index (Phi) is 5.94. The number of allylic oxidation sites excluding steroid dienone is 2. The zero-order valence-electron chi connectivity index (χ0n) is 17.3. The van der Waals surface area contributed by atoms with Crippen LogP contribution in [0.3, 0.4) is 0 Å². The maximum Gasteiger partial charge on any atom is 0.410 e. The van der Waals surface area contributed by atoms with Gasteiger partial charge < -0.3 is 25.9 Å². The van der Waals surface area contributed by atoms with Crippen molar-refractivity contribution in [3.8, 4) is 0 Å². The number of amides is 1. The summed E-state index contributed by atoms with van der Waals surface area (Å²) in [5.74, 6) is 6.28. The van der Waals surface area contributed by atoms with Crippen molar-refractivity contribution in [2.75, 3.05) is 44.6 Å². The molecule has 0 bridgehead atoms. The molecule has 0 saturated heterocycles. The quantitative estimate of drug-likeness (QED) is 0.483. The number of hydrogen-bond donors (Lipinski definition) is 3. The summed E-state index contributed by atoms with van der Waals surface area (Å²) in [6.07, 6.45) is 5.18. The van der Waals surface area contributed by atoms with E-state index in [-0.39, 0.29) is 32.1 Å². The van der Waals surface area contributed by atoms with Gasteiger partial charge in [0.15, 0.2) is 5.78 Å². The first-order chi connectivity index (χ1) is 15.1. The van der Waals surface area contributed by atoms with Gasteiger partial charge >= 0.3 is 6.09 Å². The number of methoxy groups -OCH3 is 1. The van der Waals surface area contributed by atoms with Crippen LogP contribution in [0.1, 0.15) is 21.7 Å². The summed E-state index contributed by atoms with van der Waals surface area (Å²) >= 11 is 0. The van der Waals surface area contributed by atoms with E-state index in [2.05, 4.69) is 10.6 Å². The van der Waals surface area contributed by atoms with E-state index >= 15 is 0 Å². The minimum absolute atomic E-state index is 0.0812. The highest BCUT2D eigenvalue weighted by Crippen LogP contribution is 2.38. The van der Waals surface area contributed by atoms with Crippen LogP contribution in [0, 0.1) is 0 Å². The van der Waals surface area contributed by atoms with Gasteiger partial charge in [0.2, 0.25) is 0 Å². The van der Waals surface area contributed by atoms with Gasteiger partial charge in [0.05, 0.1) is 42.3 Å². The number of hydrogen-bond acceptors (Lipinski definition) is 7. The van der Waals surface area contributed by atoms with Crippen LogP contribution in [0.5, 0.6) is 0 Å². The lowest BCUT2D eigenvalue weighted by atomic mass is 10.0. The minimum atomic E-state index is -0.572. The number of para-hydroxylation sites is 1. The molecular weight excluding hydrogens is 398 g/mol. The van der Waals surface area contributed by atoms with Crippen LogP contribution >= 0.6 is 0 Å². The number of nitrogen functional groups attached to an aromatic ring is 1. The van der Waals surface area contributed by atoms with E-state index in [0.29, 0.717) is 29.2 Å². The van der Waals surface area contributed by atoms with Crippen LogP contribution in [0.4, 0.5) is 16.2 Å². The Morgan fingerprint density at radius 3 is 2.74 bits per heavy atom. The molecule has 1 aromatic carbocycles. The normalized spacial score (nSPS) is 15.2. The first kappa shape index (κ1) is 20.5. The Morgan fingerprint density at radius 2 is 2.03 bits per heavy atom. The molecular formula is C22H25N5O4. The second kappa shape index (κ2) is 8.97. The highest BCUT2D eigenvalue weighted by molar-refractivity contribution is 6.09. The molecule has 31 heavy (non-hydrogen) atoms. The Morgan fingerprint density at radius 1 is 1.23 bits per heavy atom. The number of dihydropyridines is 1. The molecule has 4 N–H and O–H groups in total. The highest BCUT2D eigenvalue weighted by atomic mass is 16.6. The maximum absolute atomic E-state index is 13.2. The number of benzene rings is 1. The molecule has 9 heteroatoms. The van der Waals surface area contributed by atoms with E-state index in [1.807, 2.05) is 48.7 Å². The van der Waals surface area contributed by atoms with Gasteiger partial charge in [0, 0.05) is 24.9 Å². The molecule has 2 aliphatic rings. The van der Waals surface area contributed by atoms with Gasteiger partial charge in [-0.15, -0.1) is 0 Å². The average molecular weight is 423 g/mol. The summed E-state index contributed by atoms with van der Waals surface area (Å²) in [6.45, 7) is 1.14. The number of rotatable bonds is 6. The van der Waals surface area contributed by atoms with Crippen molar-refractivity contribution >= 4 is 28.8 Å². The van der Waals surface area contributed by atoms with Crippen molar-refractivity contribution in [1.82, 2.24) is 14.9 Å². The summed E-state index contributed by atoms with van der Waals surface area (Å²) in [5, 5.41) is 6.48. The zero-order chi connectivity index (χ0) is 21.8. The van der Waals surface area contributed by atoms with Crippen molar-refractivity contribution in [2.45, 2.75) is 6.54 Å². The lowest BCUT2D eigenvalue weighted by Gasteiger charge is -2.26. The number of carbonyl (C=O) groups is 2. The first-order valence-corrected chi connectivity index (χ1v) is 9.99. The molecule has 0 saturated carbocycles. The molecule has 162 valence electrons. The van der Waals surface area contributed by atoms with Crippen LogP contribution < -0.4 is 16.5 Å². The Bertz CT molecular complexity index is 1040. The molecule has 0 spiro atoms. The molecule has 0 unspecified atom stereocenters. The standard InChI is InChI=1S/C22H25N5O4/c1-30-11-12-31-22(29)26-13-17-19(18(28)14-26)20(25-16-5-3-2-4-6-16)21(27(17)23)15-7-9-24-10-8-15/h2-9,24-25H,10-14,23H2,1H3. The summed E-state index contributed by atoms with van der Waals surface area (Å²) in [5.41, 5.74) is 4.10. The van der Waals surface area contributed by atoms with E-state index in [1.165, 1.54) is 16.7 Å². The Balaban J connectivity index is 1.73. The molecule has 9 nitrogen and oxygen atoms in total. The third-order valence-corrected chi connectivity index (χ3v) is 5.17. The Labute approximate surface area is 180 Å². The summed E-state index contributed by atoms with van der Waals surface area (Å²) in [7, 11) is 1.53. The fourth-order valence-corrected chi connectivity index (χ4v) is 3.72. The number of nitrogens with zero attached hydrogens (tertiary/aromatic N) is 2. The van der Waals surface area contributed by atoms with E-state index < -0.39 is 6.09 Å². The van der Waals surface area contributed by atoms with Crippen LogP contribution in [0.25, 0.3) is 5.57 Å². The molecule has 1 amide bonds. The van der Waals surface area contributed by atoms with Gasteiger partial charge in [0.25, 0.3) is 0 Å². The number of fused-ring (bicyclic) bond motifs is 1. The molecule has 3 heterocycles. The number of ketones is 1. The van der Waals surface area contributed by atoms with Gasteiger partial charge in [-0.25, -0.2) is 4.79 Å². The summed E-state index contributed by atoms with van der Waals surface area (Å²) in [4.78, 5) is 26.9. The first-order valence-electron chi connectivity index (χ1n) is 9.99. The van der Waals surface area contributed by atoms with Crippen LogP contribution in [0.15, 0.2) is 48.7 Å². The van der Waals surface area contributed by atoms with Crippen molar-refractivity contribution in [3.63, 3.8) is 0 Å². The monoisotopic (exact) mass is 423 g/mol. The van der Waals surface area contributed by atoms with Crippen molar-refractivity contribution < 1.29 is 19.1 Å². The van der Waals surface area contributed by atoms with Gasteiger partial charge in [-0.3, -0.25) is 14.4 Å². The fraction of sp³-hybridized carbons (Fsp3) is 0.273. The van der Waals surface area contributed by atoms with E-state index in [0.717, 1.165) is 11.3 Å². The second-order valence-corrected chi connectivity index (χ2v) is 7.19. The SMILES string of the molecule is COCCOC(=O)N1CC(=O)c2c(Nc3ccccc3)c(C3=CCNC=C3)n(N)c2C1. The van der Waals surface area contributed by atoms with Gasteiger partial charge in [-0.1, -0.05) is 24.3 Å². The zero-order valence-corrected chi connectivity index (χ0v) is 17.3. The molecule has 0 aliphatic carbocycles. The van der Waals surface area contributed by atoms with E-state index in [1.54, 1.807) is 0 Å². The average Bonchev–Trinajstić information content (AvgIpc) is 3.07. The lowest BCUT2D eigenvalue weighted by Crippen LogP contribution is -2.41. The molecule has 0 radical (unpaired) electrons. The number of Topliss-reactive ketones (excluding diaryl/α,β-unsaturated/α-hetero) is 1. The minimum Gasteiger partial charge on any atom is -0.447 e. The van der Waals surface area contributed by atoms with E-state index in [9.17, 15) is 9.59 Å². The molecule has 2 aromatic rings. The largest absolute Gasteiger partial charge is 0.447 e. The molecule has 4 rings (SSSR count). The lowest BCUT2D eigenvalue weighted by molar-refractivity contribution is 0.0628. The van der Waals surface area contributed by atoms with Crippen molar-refractivity contribution in [3.05, 3.63) is 65.6 Å². The topological polar surface area (TPSA) is 111 Å². The van der Waals surface area contributed by atoms with Crippen molar-refractivity contribution in [2.24, 2.45) is 0 Å². The third kappa shape index (κ3) is 4.13. The summed E-state index contributed by atoms with van der Waals surface area (Å²) in [6, 6.07) is 9.59. The van der Waals surface area contributed by atoms with Crippen LogP contribution in [-0.4, -0.2) is 54.9 Å². The predicted molar refractivity (Wildman–Crippen MR) is 117 cm³/mol. The molecule has 1 aromatic heterocycles. The summed E-state index contributed by atoms with van der Waals surface area (Å²) < 4.78 is 11.6. The highest BCUT2D eigenvalue weighted by Gasteiger charge is 2.35. The number of nitrogens with one attached hydrogen (secondary N) is 2. The maximum atomic E-state index is 13.2. The third-order valence-electron chi connectivity index (χ3n) is 5.17. The Hall–Kier alpha value is -3.72. The number of aromatic nitrogens is 1. The number of ether oxygens (including phenoxy) is 2.